The summed E-state index contributed by atoms with van der Waals surface area (Å²) in [4.78, 5) is 9.08. The molecule has 1 N–H and O–H groups in total. The molecular weight excluding hydrogens is 293 g/mol. The maximum atomic E-state index is 6.26. The zero-order valence-electron chi connectivity index (χ0n) is 11.6. The second-order valence-electron chi connectivity index (χ2n) is 4.46. The molecule has 0 aliphatic carbocycles. The molecule has 0 saturated heterocycles. The van der Waals surface area contributed by atoms with Crippen molar-refractivity contribution in [2.75, 3.05) is 11.9 Å². The summed E-state index contributed by atoms with van der Waals surface area (Å²) in [5.41, 5.74) is 1.69. The molecule has 2 rings (SSSR count). The molecule has 0 amide bonds. The number of hydrogen-bond donors (Lipinski definition) is 1. The van der Waals surface area contributed by atoms with Gasteiger partial charge >= 0.3 is 0 Å². The standard InChI is InChI=1S/C15H17Cl2N3/c1-3-5-14-19-13(9-15(20-14)18-4-2)11-7-6-10(16)8-12(11)17/h6-9H,3-5H2,1-2H3,(H,18,19,20). The molecule has 0 unspecified atom stereocenters. The molecule has 3 nitrogen and oxygen atoms in total. The van der Waals surface area contributed by atoms with E-state index in [1.807, 2.05) is 25.1 Å². The lowest BCUT2D eigenvalue weighted by Crippen LogP contribution is -2.04. The van der Waals surface area contributed by atoms with E-state index in [4.69, 9.17) is 23.2 Å². The largest absolute Gasteiger partial charge is 0.370 e. The quantitative estimate of drug-likeness (QED) is 0.859. The number of nitrogens with one attached hydrogen (secondary N) is 1. The lowest BCUT2D eigenvalue weighted by atomic mass is 10.1. The van der Waals surface area contributed by atoms with Crippen molar-refractivity contribution in [2.45, 2.75) is 26.7 Å². The van der Waals surface area contributed by atoms with Gasteiger partial charge in [0.2, 0.25) is 0 Å². The van der Waals surface area contributed by atoms with Crippen molar-refractivity contribution >= 4 is 29.0 Å². The van der Waals surface area contributed by atoms with Crippen LogP contribution in [-0.2, 0) is 6.42 Å². The van der Waals surface area contributed by atoms with Gasteiger partial charge in [-0.05, 0) is 31.5 Å². The van der Waals surface area contributed by atoms with E-state index < -0.39 is 0 Å². The summed E-state index contributed by atoms with van der Waals surface area (Å²) in [6.07, 6.45) is 1.85. The van der Waals surface area contributed by atoms with Gasteiger partial charge in [0.25, 0.3) is 0 Å². The lowest BCUT2D eigenvalue weighted by Gasteiger charge is -2.10. The minimum Gasteiger partial charge on any atom is -0.370 e. The Hall–Kier alpha value is -1.32. The molecule has 0 atom stereocenters. The monoisotopic (exact) mass is 309 g/mol. The van der Waals surface area contributed by atoms with E-state index in [1.165, 1.54) is 0 Å². The Morgan fingerprint density at radius 3 is 2.55 bits per heavy atom. The first-order valence-corrected chi connectivity index (χ1v) is 7.47. The van der Waals surface area contributed by atoms with E-state index in [9.17, 15) is 0 Å². The van der Waals surface area contributed by atoms with Gasteiger partial charge in [-0.2, -0.15) is 0 Å². The van der Waals surface area contributed by atoms with Gasteiger partial charge in [-0.3, -0.25) is 0 Å². The van der Waals surface area contributed by atoms with E-state index in [0.29, 0.717) is 10.0 Å². The number of aryl methyl sites for hydroxylation is 1. The summed E-state index contributed by atoms with van der Waals surface area (Å²) in [6, 6.07) is 7.35. The number of aromatic nitrogens is 2. The molecule has 106 valence electrons. The van der Waals surface area contributed by atoms with Crippen LogP contribution in [0.2, 0.25) is 10.0 Å². The molecule has 2 aromatic rings. The van der Waals surface area contributed by atoms with E-state index in [-0.39, 0.29) is 0 Å². The summed E-state index contributed by atoms with van der Waals surface area (Å²) in [6.45, 7) is 4.96. The second kappa shape index (κ2) is 6.91. The van der Waals surface area contributed by atoms with Gasteiger partial charge in [0.15, 0.2) is 0 Å². The summed E-state index contributed by atoms with van der Waals surface area (Å²) in [5.74, 6) is 1.65. The van der Waals surface area contributed by atoms with Crippen molar-refractivity contribution in [3.05, 3.63) is 40.1 Å². The first kappa shape index (κ1) is 15.1. The number of hydrogen-bond acceptors (Lipinski definition) is 3. The number of benzene rings is 1. The highest BCUT2D eigenvalue weighted by molar-refractivity contribution is 6.36. The highest BCUT2D eigenvalue weighted by Gasteiger charge is 2.09. The summed E-state index contributed by atoms with van der Waals surface area (Å²) in [5, 5.41) is 4.44. The van der Waals surface area contributed by atoms with Crippen molar-refractivity contribution in [1.29, 1.82) is 0 Å². The second-order valence-corrected chi connectivity index (χ2v) is 5.30. The van der Waals surface area contributed by atoms with Crippen LogP contribution in [0.25, 0.3) is 11.3 Å². The fourth-order valence-electron chi connectivity index (χ4n) is 1.94. The Balaban J connectivity index is 2.48. The molecule has 0 radical (unpaired) electrons. The molecule has 0 aliphatic rings. The Kier molecular flexibility index (Phi) is 5.21. The van der Waals surface area contributed by atoms with Gasteiger partial charge in [0.05, 0.1) is 10.7 Å². The van der Waals surface area contributed by atoms with Crippen LogP contribution in [0.1, 0.15) is 26.1 Å². The topological polar surface area (TPSA) is 37.8 Å². The van der Waals surface area contributed by atoms with Gasteiger partial charge in [0.1, 0.15) is 11.6 Å². The predicted molar refractivity (Wildman–Crippen MR) is 85.6 cm³/mol. The van der Waals surface area contributed by atoms with Crippen molar-refractivity contribution < 1.29 is 0 Å². The number of rotatable bonds is 5. The fourth-order valence-corrected chi connectivity index (χ4v) is 2.44. The maximum absolute atomic E-state index is 6.26. The van der Waals surface area contributed by atoms with Crippen molar-refractivity contribution in [2.24, 2.45) is 0 Å². The molecular formula is C15H17Cl2N3. The van der Waals surface area contributed by atoms with Crippen LogP contribution in [0, 0.1) is 0 Å². The predicted octanol–water partition coefficient (Wildman–Crippen LogP) is 4.83. The minimum absolute atomic E-state index is 0.598. The summed E-state index contributed by atoms with van der Waals surface area (Å²) in [7, 11) is 0. The van der Waals surface area contributed by atoms with E-state index in [0.717, 1.165) is 42.3 Å². The van der Waals surface area contributed by atoms with Crippen LogP contribution < -0.4 is 5.32 Å². The van der Waals surface area contributed by atoms with Crippen LogP contribution in [0.15, 0.2) is 24.3 Å². The SMILES string of the molecule is CCCc1nc(NCC)cc(-c2ccc(Cl)cc2Cl)n1. The van der Waals surface area contributed by atoms with Crippen molar-refractivity contribution in [3.8, 4) is 11.3 Å². The minimum atomic E-state index is 0.598. The normalized spacial score (nSPS) is 10.6. The molecule has 5 heteroatoms. The van der Waals surface area contributed by atoms with Gasteiger partial charge < -0.3 is 5.32 Å². The molecule has 0 bridgehead atoms. The molecule has 1 heterocycles. The smallest absolute Gasteiger partial charge is 0.131 e. The van der Waals surface area contributed by atoms with Crippen molar-refractivity contribution in [3.63, 3.8) is 0 Å². The first-order valence-electron chi connectivity index (χ1n) is 6.71. The van der Waals surface area contributed by atoms with Crippen LogP contribution >= 0.6 is 23.2 Å². The Morgan fingerprint density at radius 1 is 1.10 bits per heavy atom. The molecule has 0 aliphatic heterocycles. The average Bonchev–Trinajstić information content (AvgIpc) is 2.39. The zero-order valence-corrected chi connectivity index (χ0v) is 13.1. The van der Waals surface area contributed by atoms with Crippen molar-refractivity contribution in [1.82, 2.24) is 9.97 Å². The fraction of sp³-hybridized carbons (Fsp3) is 0.333. The lowest BCUT2D eigenvalue weighted by molar-refractivity contribution is 0.836. The Morgan fingerprint density at radius 2 is 1.90 bits per heavy atom. The van der Waals surface area contributed by atoms with Crippen LogP contribution in [0.5, 0.6) is 0 Å². The van der Waals surface area contributed by atoms with Crippen LogP contribution in [0.3, 0.4) is 0 Å². The van der Waals surface area contributed by atoms with Gasteiger partial charge in [-0.15, -0.1) is 0 Å². The highest BCUT2D eigenvalue weighted by atomic mass is 35.5. The zero-order chi connectivity index (χ0) is 14.5. The average molecular weight is 310 g/mol. The molecule has 1 aromatic heterocycles. The Labute approximate surface area is 129 Å². The number of anilines is 1. The molecule has 0 fully saturated rings. The highest BCUT2D eigenvalue weighted by Crippen LogP contribution is 2.30. The Bertz CT molecular complexity index is 575. The van der Waals surface area contributed by atoms with E-state index in [2.05, 4.69) is 22.2 Å². The summed E-state index contributed by atoms with van der Waals surface area (Å²) < 4.78 is 0. The third-order valence-corrected chi connectivity index (χ3v) is 3.36. The first-order chi connectivity index (χ1) is 9.63. The van der Waals surface area contributed by atoms with Crippen LogP contribution in [0.4, 0.5) is 5.82 Å². The van der Waals surface area contributed by atoms with E-state index in [1.54, 1.807) is 6.07 Å². The van der Waals surface area contributed by atoms with Gasteiger partial charge in [-0.1, -0.05) is 30.1 Å². The number of halogens is 2. The number of nitrogens with zero attached hydrogens (tertiary/aromatic N) is 2. The summed E-state index contributed by atoms with van der Waals surface area (Å²) >= 11 is 12.2. The molecule has 1 aromatic carbocycles. The third-order valence-electron chi connectivity index (χ3n) is 2.81. The molecule has 0 spiro atoms. The van der Waals surface area contributed by atoms with Gasteiger partial charge in [-0.25, -0.2) is 9.97 Å². The van der Waals surface area contributed by atoms with Crippen LogP contribution in [-0.4, -0.2) is 16.5 Å². The molecule has 0 saturated carbocycles. The van der Waals surface area contributed by atoms with E-state index >= 15 is 0 Å². The van der Waals surface area contributed by atoms with Gasteiger partial charge in [0, 0.05) is 29.6 Å². The third kappa shape index (κ3) is 3.62. The molecule has 20 heavy (non-hydrogen) atoms. The maximum Gasteiger partial charge on any atom is 0.131 e.